The molecule has 0 aliphatic heterocycles. The number of pyridine rings is 1. The highest BCUT2D eigenvalue weighted by molar-refractivity contribution is 5.94. The van der Waals surface area contributed by atoms with E-state index in [-0.39, 0.29) is 16.9 Å². The fourth-order valence-corrected chi connectivity index (χ4v) is 1.67. The number of benzene rings is 1. The summed E-state index contributed by atoms with van der Waals surface area (Å²) in [4.78, 5) is 14.3. The van der Waals surface area contributed by atoms with Crippen LogP contribution in [-0.2, 0) is 6.18 Å². The number of hydrogen-bond donors (Lipinski definition) is 2. The average molecular weight is 282 g/mol. The molecule has 0 atom stereocenters. The number of aromatic carboxylic acids is 1. The first-order chi connectivity index (χ1) is 9.29. The van der Waals surface area contributed by atoms with Crippen LogP contribution >= 0.6 is 0 Å². The Balaban J connectivity index is 2.47. The van der Waals surface area contributed by atoms with E-state index in [2.05, 4.69) is 4.98 Å². The summed E-state index contributed by atoms with van der Waals surface area (Å²) in [5.41, 5.74) is 4.78. The van der Waals surface area contributed by atoms with Crippen LogP contribution in [0.5, 0.6) is 0 Å². The van der Waals surface area contributed by atoms with Crippen molar-refractivity contribution in [3.8, 4) is 11.3 Å². The van der Waals surface area contributed by atoms with Crippen molar-refractivity contribution in [1.82, 2.24) is 4.98 Å². The summed E-state index contributed by atoms with van der Waals surface area (Å²) in [7, 11) is 0. The number of hydrogen-bond acceptors (Lipinski definition) is 3. The zero-order chi connectivity index (χ0) is 14.9. The number of nitrogen functional groups attached to an aromatic ring is 1. The van der Waals surface area contributed by atoms with Gasteiger partial charge in [0.1, 0.15) is 5.69 Å². The van der Waals surface area contributed by atoms with Crippen molar-refractivity contribution in [1.29, 1.82) is 0 Å². The van der Waals surface area contributed by atoms with Gasteiger partial charge in [0.25, 0.3) is 0 Å². The van der Waals surface area contributed by atoms with E-state index in [1.165, 1.54) is 30.3 Å². The normalized spacial score (nSPS) is 11.3. The maximum Gasteiger partial charge on any atom is 0.433 e. The summed E-state index contributed by atoms with van der Waals surface area (Å²) in [6.45, 7) is 0. The monoisotopic (exact) mass is 282 g/mol. The number of rotatable bonds is 2. The van der Waals surface area contributed by atoms with E-state index in [1.54, 1.807) is 0 Å². The SMILES string of the molecule is Nc1cc(-c2cccc(C(F)(F)F)n2)ccc1C(=O)O. The van der Waals surface area contributed by atoms with Crippen molar-refractivity contribution in [3.05, 3.63) is 47.7 Å². The van der Waals surface area contributed by atoms with Crippen LogP contribution in [0.15, 0.2) is 36.4 Å². The molecule has 0 aliphatic rings. The Morgan fingerprint density at radius 1 is 1.20 bits per heavy atom. The largest absolute Gasteiger partial charge is 0.478 e. The first kappa shape index (κ1) is 13.9. The van der Waals surface area contributed by atoms with Gasteiger partial charge in [-0.05, 0) is 24.3 Å². The molecule has 2 rings (SSSR count). The van der Waals surface area contributed by atoms with Crippen molar-refractivity contribution in [2.24, 2.45) is 0 Å². The molecule has 1 aromatic heterocycles. The molecule has 0 unspecified atom stereocenters. The van der Waals surface area contributed by atoms with Gasteiger partial charge in [0.15, 0.2) is 0 Å². The molecule has 20 heavy (non-hydrogen) atoms. The van der Waals surface area contributed by atoms with E-state index < -0.39 is 17.8 Å². The van der Waals surface area contributed by atoms with E-state index in [1.807, 2.05) is 0 Å². The maximum atomic E-state index is 12.6. The second-order valence-corrected chi connectivity index (χ2v) is 4.01. The van der Waals surface area contributed by atoms with Crippen LogP contribution in [0.25, 0.3) is 11.3 Å². The van der Waals surface area contributed by atoms with Crippen LogP contribution in [0.4, 0.5) is 18.9 Å². The molecule has 1 heterocycles. The summed E-state index contributed by atoms with van der Waals surface area (Å²) < 4.78 is 37.7. The van der Waals surface area contributed by atoms with Gasteiger partial charge >= 0.3 is 12.1 Å². The molecular weight excluding hydrogens is 273 g/mol. The Morgan fingerprint density at radius 3 is 2.45 bits per heavy atom. The van der Waals surface area contributed by atoms with Gasteiger partial charge in [-0.15, -0.1) is 0 Å². The van der Waals surface area contributed by atoms with Gasteiger partial charge in [0.05, 0.1) is 11.3 Å². The van der Waals surface area contributed by atoms with E-state index in [9.17, 15) is 18.0 Å². The van der Waals surface area contributed by atoms with Gasteiger partial charge in [-0.2, -0.15) is 13.2 Å². The van der Waals surface area contributed by atoms with Crippen molar-refractivity contribution < 1.29 is 23.1 Å². The van der Waals surface area contributed by atoms with Crippen LogP contribution in [0, 0.1) is 0 Å². The lowest BCUT2D eigenvalue weighted by atomic mass is 10.1. The fourth-order valence-electron chi connectivity index (χ4n) is 1.67. The molecule has 0 amide bonds. The fraction of sp³-hybridized carbons (Fsp3) is 0.0769. The van der Waals surface area contributed by atoms with Crippen LogP contribution in [0.3, 0.4) is 0 Å². The predicted octanol–water partition coefficient (Wildman–Crippen LogP) is 3.05. The number of alkyl halides is 3. The second kappa shape index (κ2) is 4.84. The Labute approximate surface area is 111 Å². The topological polar surface area (TPSA) is 76.2 Å². The Morgan fingerprint density at radius 2 is 1.90 bits per heavy atom. The predicted molar refractivity (Wildman–Crippen MR) is 66.0 cm³/mol. The first-order valence-corrected chi connectivity index (χ1v) is 5.46. The highest BCUT2D eigenvalue weighted by Crippen LogP contribution is 2.30. The Hall–Kier alpha value is -2.57. The lowest BCUT2D eigenvalue weighted by molar-refractivity contribution is -0.141. The summed E-state index contributed by atoms with van der Waals surface area (Å²) >= 11 is 0. The standard InChI is InChI=1S/C13H9F3N2O2/c14-13(15,16)11-3-1-2-10(18-11)7-4-5-8(12(19)20)9(17)6-7/h1-6H,17H2,(H,19,20). The average Bonchev–Trinajstić information content (AvgIpc) is 2.37. The molecule has 0 saturated heterocycles. The quantitative estimate of drug-likeness (QED) is 0.830. The molecule has 104 valence electrons. The van der Waals surface area contributed by atoms with Crippen LogP contribution in [0.1, 0.15) is 16.1 Å². The third kappa shape index (κ3) is 2.71. The molecule has 0 spiro atoms. The highest BCUT2D eigenvalue weighted by Gasteiger charge is 2.32. The number of carboxylic acid groups (broad SMARTS) is 1. The van der Waals surface area contributed by atoms with Crippen LogP contribution in [0.2, 0.25) is 0 Å². The minimum atomic E-state index is -4.54. The zero-order valence-electron chi connectivity index (χ0n) is 9.98. The summed E-state index contributed by atoms with van der Waals surface area (Å²) in [5, 5.41) is 8.83. The summed E-state index contributed by atoms with van der Waals surface area (Å²) in [6, 6.07) is 7.36. The molecule has 0 radical (unpaired) electrons. The van der Waals surface area contributed by atoms with Gasteiger partial charge in [-0.3, -0.25) is 0 Å². The number of aromatic nitrogens is 1. The first-order valence-electron chi connectivity index (χ1n) is 5.46. The van der Waals surface area contributed by atoms with Gasteiger partial charge in [0, 0.05) is 11.3 Å². The van der Waals surface area contributed by atoms with Crippen molar-refractivity contribution in [2.75, 3.05) is 5.73 Å². The maximum absolute atomic E-state index is 12.6. The zero-order valence-corrected chi connectivity index (χ0v) is 9.98. The highest BCUT2D eigenvalue weighted by atomic mass is 19.4. The van der Waals surface area contributed by atoms with Gasteiger partial charge in [-0.25, -0.2) is 9.78 Å². The van der Waals surface area contributed by atoms with E-state index >= 15 is 0 Å². The Kier molecular flexibility index (Phi) is 3.35. The number of nitrogens with zero attached hydrogens (tertiary/aromatic N) is 1. The third-order valence-electron chi connectivity index (χ3n) is 2.62. The van der Waals surface area contributed by atoms with Crippen LogP contribution < -0.4 is 5.73 Å². The molecule has 0 aliphatic carbocycles. The van der Waals surface area contributed by atoms with Gasteiger partial charge < -0.3 is 10.8 Å². The third-order valence-corrected chi connectivity index (χ3v) is 2.62. The number of carbonyl (C=O) groups is 1. The number of nitrogens with two attached hydrogens (primary N) is 1. The second-order valence-electron chi connectivity index (χ2n) is 4.01. The smallest absolute Gasteiger partial charge is 0.433 e. The number of carboxylic acids is 1. The Bertz CT molecular complexity index is 669. The molecule has 4 nitrogen and oxygen atoms in total. The minimum absolute atomic E-state index is 0.0331. The lowest BCUT2D eigenvalue weighted by Crippen LogP contribution is -2.08. The number of halogens is 3. The molecule has 7 heteroatoms. The lowest BCUT2D eigenvalue weighted by Gasteiger charge is -2.09. The molecule has 1 aromatic carbocycles. The molecule has 0 saturated carbocycles. The molecule has 3 N–H and O–H groups in total. The summed E-state index contributed by atoms with van der Waals surface area (Å²) in [5.74, 6) is -1.20. The molecule has 2 aromatic rings. The molecule has 0 bridgehead atoms. The molecular formula is C13H9F3N2O2. The number of anilines is 1. The van der Waals surface area contributed by atoms with Gasteiger partial charge in [-0.1, -0.05) is 12.1 Å². The van der Waals surface area contributed by atoms with E-state index in [0.29, 0.717) is 5.56 Å². The van der Waals surface area contributed by atoms with Gasteiger partial charge in [0.2, 0.25) is 0 Å². The summed E-state index contributed by atoms with van der Waals surface area (Å²) in [6.07, 6.45) is -4.54. The minimum Gasteiger partial charge on any atom is -0.478 e. The van der Waals surface area contributed by atoms with Crippen molar-refractivity contribution >= 4 is 11.7 Å². The van der Waals surface area contributed by atoms with Crippen molar-refractivity contribution in [2.45, 2.75) is 6.18 Å². The van der Waals surface area contributed by atoms with E-state index in [0.717, 1.165) is 6.07 Å². The van der Waals surface area contributed by atoms with E-state index in [4.69, 9.17) is 10.8 Å². The van der Waals surface area contributed by atoms with Crippen LogP contribution in [-0.4, -0.2) is 16.1 Å². The van der Waals surface area contributed by atoms with Crippen molar-refractivity contribution in [3.63, 3.8) is 0 Å². The molecule has 0 fully saturated rings.